The number of ether oxygens (including phenoxy) is 2. The van der Waals surface area contributed by atoms with Gasteiger partial charge in [0.05, 0.1) is 12.0 Å². The number of amides is 1. The van der Waals surface area contributed by atoms with E-state index < -0.39 is 0 Å². The summed E-state index contributed by atoms with van der Waals surface area (Å²) in [5.41, 5.74) is 1.65. The van der Waals surface area contributed by atoms with Crippen molar-refractivity contribution < 1.29 is 14.3 Å². The summed E-state index contributed by atoms with van der Waals surface area (Å²) in [6, 6.07) is 10.8. The van der Waals surface area contributed by atoms with E-state index in [9.17, 15) is 4.79 Å². The topological polar surface area (TPSA) is 38.8 Å². The molecule has 0 aliphatic carbocycles. The molecule has 1 aliphatic rings. The molecule has 0 atom stereocenters. The molecule has 0 spiro atoms. The molecule has 4 nitrogen and oxygen atoms in total. The zero-order valence-corrected chi connectivity index (χ0v) is 19.9. The maximum atomic E-state index is 12.7. The molecule has 0 unspecified atom stereocenters. The first-order valence-corrected chi connectivity index (χ1v) is 11.3. The van der Waals surface area contributed by atoms with Crippen molar-refractivity contribution in [3.05, 3.63) is 62.5 Å². The summed E-state index contributed by atoms with van der Waals surface area (Å²) in [6.45, 7) is 5.01. The largest absolute Gasteiger partial charge is 0.493 e. The summed E-state index contributed by atoms with van der Waals surface area (Å²) >= 11 is 18.8. The van der Waals surface area contributed by atoms with Gasteiger partial charge in [-0.3, -0.25) is 9.69 Å². The number of thioether (sulfide) groups is 1. The van der Waals surface area contributed by atoms with E-state index >= 15 is 0 Å². The van der Waals surface area contributed by atoms with Gasteiger partial charge in [-0.05, 0) is 41.8 Å². The van der Waals surface area contributed by atoms with Crippen molar-refractivity contribution in [2.75, 3.05) is 13.7 Å². The molecule has 1 saturated heterocycles. The Kier molecular flexibility index (Phi) is 7.69. The number of benzene rings is 2. The van der Waals surface area contributed by atoms with Crippen molar-refractivity contribution in [1.82, 2.24) is 4.90 Å². The monoisotopic (exact) mass is 481 g/mol. The third-order valence-corrected chi connectivity index (χ3v) is 6.27. The van der Waals surface area contributed by atoms with Crippen molar-refractivity contribution in [1.29, 1.82) is 0 Å². The second-order valence-electron chi connectivity index (χ2n) is 7.12. The number of carbonyl (C=O) groups excluding carboxylic acids is 1. The minimum atomic E-state index is -0.0598. The average molecular weight is 482 g/mol. The van der Waals surface area contributed by atoms with Crippen LogP contribution in [0.25, 0.3) is 6.08 Å². The minimum absolute atomic E-state index is 0.0598. The number of nitrogens with zero attached hydrogens (tertiary/aromatic N) is 1. The number of methoxy groups -OCH3 is 1. The fraction of sp³-hybridized carbons (Fsp3) is 0.273. The van der Waals surface area contributed by atoms with Gasteiger partial charge in [-0.2, -0.15) is 0 Å². The molecule has 0 saturated carbocycles. The van der Waals surface area contributed by atoms with Crippen LogP contribution >= 0.6 is 47.2 Å². The van der Waals surface area contributed by atoms with Gasteiger partial charge in [0.2, 0.25) is 0 Å². The molecule has 158 valence electrons. The third kappa shape index (κ3) is 5.49. The van der Waals surface area contributed by atoms with Crippen LogP contribution in [0.4, 0.5) is 0 Å². The second kappa shape index (κ2) is 10.1. The van der Waals surface area contributed by atoms with Gasteiger partial charge in [0.15, 0.2) is 11.5 Å². The molecule has 2 aromatic carbocycles. The highest BCUT2D eigenvalue weighted by atomic mass is 35.5. The van der Waals surface area contributed by atoms with Gasteiger partial charge in [0.25, 0.3) is 5.91 Å². The highest BCUT2D eigenvalue weighted by molar-refractivity contribution is 8.26. The summed E-state index contributed by atoms with van der Waals surface area (Å²) in [6.07, 6.45) is 1.82. The Balaban J connectivity index is 1.76. The molecule has 30 heavy (non-hydrogen) atoms. The second-order valence-corrected chi connectivity index (χ2v) is 9.64. The molecule has 0 N–H and O–H groups in total. The van der Waals surface area contributed by atoms with Gasteiger partial charge in [-0.25, -0.2) is 0 Å². The van der Waals surface area contributed by atoms with Crippen LogP contribution in [0.3, 0.4) is 0 Å². The molecule has 0 aromatic heterocycles. The SMILES string of the molecule is COc1cc(/C=C2\SC(=S)N(CC(C)C)C2=O)ccc1OCc1ccc(Cl)cc1Cl. The predicted molar refractivity (Wildman–Crippen MR) is 129 cm³/mol. The van der Waals surface area contributed by atoms with Crippen LogP contribution in [0, 0.1) is 5.92 Å². The van der Waals surface area contributed by atoms with Crippen molar-refractivity contribution in [2.45, 2.75) is 20.5 Å². The number of thiocarbonyl (C=S) groups is 1. The summed E-state index contributed by atoms with van der Waals surface area (Å²) in [7, 11) is 1.57. The summed E-state index contributed by atoms with van der Waals surface area (Å²) in [5.74, 6) is 1.42. The summed E-state index contributed by atoms with van der Waals surface area (Å²) in [5, 5.41) is 1.12. The molecule has 0 radical (unpaired) electrons. The number of hydrogen-bond acceptors (Lipinski definition) is 5. The Hall–Kier alpha value is -1.73. The first-order chi connectivity index (χ1) is 14.3. The third-order valence-electron chi connectivity index (χ3n) is 4.31. The van der Waals surface area contributed by atoms with E-state index in [1.807, 2.05) is 30.3 Å². The maximum Gasteiger partial charge on any atom is 0.266 e. The van der Waals surface area contributed by atoms with E-state index in [2.05, 4.69) is 13.8 Å². The molecule has 2 aromatic rings. The highest BCUT2D eigenvalue weighted by Crippen LogP contribution is 2.35. The van der Waals surface area contributed by atoms with E-state index in [4.69, 9.17) is 44.9 Å². The lowest BCUT2D eigenvalue weighted by Gasteiger charge is -2.16. The number of hydrogen-bond donors (Lipinski definition) is 0. The van der Waals surface area contributed by atoms with E-state index in [0.717, 1.165) is 11.1 Å². The lowest BCUT2D eigenvalue weighted by molar-refractivity contribution is -0.122. The Labute approximate surface area is 196 Å². The smallest absolute Gasteiger partial charge is 0.266 e. The first kappa shape index (κ1) is 22.9. The van der Waals surface area contributed by atoms with Gasteiger partial charge >= 0.3 is 0 Å². The van der Waals surface area contributed by atoms with Gasteiger partial charge in [0, 0.05) is 22.2 Å². The zero-order chi connectivity index (χ0) is 21.8. The quantitative estimate of drug-likeness (QED) is 0.336. The molecular weight excluding hydrogens is 461 g/mol. The normalized spacial score (nSPS) is 15.4. The van der Waals surface area contributed by atoms with Crippen LogP contribution in [0.2, 0.25) is 10.0 Å². The van der Waals surface area contributed by atoms with Crippen molar-refractivity contribution in [2.24, 2.45) is 5.92 Å². The molecule has 1 fully saturated rings. The molecule has 1 aliphatic heterocycles. The van der Waals surface area contributed by atoms with Gasteiger partial charge in [0.1, 0.15) is 10.9 Å². The first-order valence-electron chi connectivity index (χ1n) is 9.28. The summed E-state index contributed by atoms with van der Waals surface area (Å²) in [4.78, 5) is 14.9. The van der Waals surface area contributed by atoms with Crippen molar-refractivity contribution in [3.8, 4) is 11.5 Å². The van der Waals surface area contributed by atoms with Crippen LogP contribution in [0.1, 0.15) is 25.0 Å². The Morgan fingerprint density at radius 2 is 1.93 bits per heavy atom. The van der Waals surface area contributed by atoms with E-state index in [-0.39, 0.29) is 12.5 Å². The molecular formula is C22H21Cl2NO3S2. The van der Waals surface area contributed by atoms with Crippen LogP contribution in [0.15, 0.2) is 41.3 Å². The standard InChI is InChI=1S/C22H21Cl2NO3S2/c1-13(2)11-25-21(26)20(30-22(25)29)9-14-4-7-18(19(8-14)27-3)28-12-15-5-6-16(23)10-17(15)24/h4-10,13H,11-12H2,1-3H3/b20-9-. The summed E-state index contributed by atoms with van der Waals surface area (Å²) < 4.78 is 11.9. The molecule has 3 rings (SSSR count). The van der Waals surface area contributed by atoms with Crippen LogP contribution < -0.4 is 9.47 Å². The van der Waals surface area contributed by atoms with E-state index in [1.165, 1.54) is 11.8 Å². The lowest BCUT2D eigenvalue weighted by Crippen LogP contribution is -2.31. The molecule has 1 amide bonds. The maximum absolute atomic E-state index is 12.7. The van der Waals surface area contributed by atoms with E-state index in [1.54, 1.807) is 24.1 Å². The Bertz CT molecular complexity index is 1010. The minimum Gasteiger partial charge on any atom is -0.493 e. The number of carbonyl (C=O) groups is 1. The predicted octanol–water partition coefficient (Wildman–Crippen LogP) is 6.44. The van der Waals surface area contributed by atoms with Gasteiger partial charge in [-0.1, -0.05) is 73.2 Å². The van der Waals surface area contributed by atoms with Crippen LogP contribution in [-0.4, -0.2) is 28.8 Å². The van der Waals surface area contributed by atoms with Crippen molar-refractivity contribution in [3.63, 3.8) is 0 Å². The molecule has 1 heterocycles. The molecule has 8 heteroatoms. The number of halogens is 2. The number of rotatable bonds is 7. The van der Waals surface area contributed by atoms with Crippen LogP contribution in [-0.2, 0) is 11.4 Å². The van der Waals surface area contributed by atoms with Gasteiger partial charge in [-0.15, -0.1) is 0 Å². The fourth-order valence-electron chi connectivity index (χ4n) is 2.86. The van der Waals surface area contributed by atoms with Crippen LogP contribution in [0.5, 0.6) is 11.5 Å². The Morgan fingerprint density at radius 1 is 1.17 bits per heavy atom. The van der Waals surface area contributed by atoms with Gasteiger partial charge < -0.3 is 9.47 Å². The molecule has 0 bridgehead atoms. The highest BCUT2D eigenvalue weighted by Gasteiger charge is 2.32. The Morgan fingerprint density at radius 3 is 2.60 bits per heavy atom. The van der Waals surface area contributed by atoms with Crippen molar-refractivity contribution >= 4 is 63.5 Å². The zero-order valence-electron chi connectivity index (χ0n) is 16.8. The van der Waals surface area contributed by atoms with E-state index in [0.29, 0.717) is 43.2 Å². The fourth-order valence-corrected chi connectivity index (χ4v) is 4.60. The lowest BCUT2D eigenvalue weighted by atomic mass is 10.1. The average Bonchev–Trinajstić information content (AvgIpc) is 2.95.